The van der Waals surface area contributed by atoms with Crippen molar-refractivity contribution >= 4 is 17.5 Å². The standard InChI is InChI=1S/C22H22N6O5/c1-4-33-16-9-8-13(11-17(16)32-3)19-18(20(23)29)12(2)24-22-25-21(26-27(19)22)14-6-5-7-15(10-14)28(30)31/h5-11,19H,4H2,1-3H3,(H2,23,29)(H,24,25,26). The highest BCUT2D eigenvalue weighted by Gasteiger charge is 2.34. The summed E-state index contributed by atoms with van der Waals surface area (Å²) in [4.78, 5) is 27.6. The third kappa shape index (κ3) is 3.95. The molecule has 1 aromatic heterocycles. The molecule has 4 rings (SSSR count). The fourth-order valence-electron chi connectivity index (χ4n) is 3.79. The normalized spacial score (nSPS) is 14.9. The van der Waals surface area contributed by atoms with Crippen molar-refractivity contribution in [3.8, 4) is 22.9 Å². The number of nitro groups is 1. The number of nitrogens with zero attached hydrogens (tertiary/aromatic N) is 4. The van der Waals surface area contributed by atoms with Gasteiger partial charge in [0, 0.05) is 23.4 Å². The summed E-state index contributed by atoms with van der Waals surface area (Å²) in [5.41, 5.74) is 7.65. The van der Waals surface area contributed by atoms with Crippen LogP contribution in [0.2, 0.25) is 0 Å². The quantitative estimate of drug-likeness (QED) is 0.412. The van der Waals surface area contributed by atoms with E-state index >= 15 is 0 Å². The van der Waals surface area contributed by atoms with Crippen molar-refractivity contribution in [2.75, 3.05) is 19.0 Å². The summed E-state index contributed by atoms with van der Waals surface area (Å²) in [6.45, 7) is 4.06. The van der Waals surface area contributed by atoms with E-state index in [1.165, 1.54) is 23.9 Å². The lowest BCUT2D eigenvalue weighted by Crippen LogP contribution is -2.31. The van der Waals surface area contributed by atoms with Crippen molar-refractivity contribution in [2.24, 2.45) is 5.73 Å². The number of hydrogen-bond acceptors (Lipinski definition) is 8. The lowest BCUT2D eigenvalue weighted by molar-refractivity contribution is -0.384. The minimum absolute atomic E-state index is 0.0758. The van der Waals surface area contributed by atoms with Crippen LogP contribution in [0.5, 0.6) is 11.5 Å². The molecule has 1 atom stereocenters. The van der Waals surface area contributed by atoms with Crippen LogP contribution in [-0.4, -0.2) is 39.3 Å². The van der Waals surface area contributed by atoms with E-state index in [0.29, 0.717) is 46.5 Å². The number of carbonyl (C=O) groups is 1. The van der Waals surface area contributed by atoms with Crippen LogP contribution in [-0.2, 0) is 4.79 Å². The van der Waals surface area contributed by atoms with E-state index in [4.69, 9.17) is 15.2 Å². The molecule has 0 saturated heterocycles. The van der Waals surface area contributed by atoms with E-state index in [1.807, 2.05) is 6.92 Å². The number of hydrogen-bond donors (Lipinski definition) is 2. The Labute approximate surface area is 189 Å². The molecule has 1 aliphatic heterocycles. The Hall–Kier alpha value is -4.41. The maximum atomic E-state index is 12.4. The van der Waals surface area contributed by atoms with Crippen molar-refractivity contribution in [2.45, 2.75) is 19.9 Å². The first kappa shape index (κ1) is 21.8. The fraction of sp³-hybridized carbons (Fsp3) is 0.227. The molecular weight excluding hydrogens is 428 g/mol. The Morgan fingerprint density at radius 3 is 2.73 bits per heavy atom. The molecule has 1 amide bonds. The number of nitrogens with two attached hydrogens (primary N) is 1. The Kier molecular flexibility index (Phi) is 5.69. The molecule has 0 spiro atoms. The SMILES string of the molecule is CCOc1ccc(C2C(C(N)=O)=C(C)Nc3nc(-c4cccc([N+](=O)[O-])c4)nn32)cc1OC. The molecule has 3 aromatic rings. The second kappa shape index (κ2) is 8.61. The van der Waals surface area contributed by atoms with Crippen LogP contribution in [0.25, 0.3) is 11.4 Å². The van der Waals surface area contributed by atoms with Gasteiger partial charge in [0.1, 0.15) is 6.04 Å². The molecule has 33 heavy (non-hydrogen) atoms. The number of benzene rings is 2. The van der Waals surface area contributed by atoms with E-state index in [9.17, 15) is 14.9 Å². The summed E-state index contributed by atoms with van der Waals surface area (Å²) in [5.74, 6) is 1.08. The minimum Gasteiger partial charge on any atom is -0.493 e. The van der Waals surface area contributed by atoms with Gasteiger partial charge in [-0.3, -0.25) is 14.9 Å². The van der Waals surface area contributed by atoms with Crippen LogP contribution in [0.15, 0.2) is 53.7 Å². The van der Waals surface area contributed by atoms with Crippen molar-refractivity contribution in [1.82, 2.24) is 14.8 Å². The van der Waals surface area contributed by atoms with Gasteiger partial charge in [0.2, 0.25) is 11.9 Å². The lowest BCUT2D eigenvalue weighted by atomic mass is 9.95. The fourth-order valence-corrected chi connectivity index (χ4v) is 3.79. The van der Waals surface area contributed by atoms with Crippen LogP contribution >= 0.6 is 0 Å². The molecule has 11 heteroatoms. The molecule has 1 aliphatic rings. The summed E-state index contributed by atoms with van der Waals surface area (Å²) in [6.07, 6.45) is 0. The molecule has 0 bridgehead atoms. The zero-order chi connectivity index (χ0) is 23.7. The topological polar surface area (TPSA) is 147 Å². The average Bonchev–Trinajstić information content (AvgIpc) is 3.22. The number of non-ortho nitro benzene ring substituents is 1. The summed E-state index contributed by atoms with van der Waals surface area (Å²) >= 11 is 0. The number of nitro benzene ring substituents is 1. The van der Waals surface area contributed by atoms with Crippen molar-refractivity contribution in [3.63, 3.8) is 0 Å². The van der Waals surface area contributed by atoms with E-state index < -0.39 is 16.9 Å². The third-order valence-electron chi connectivity index (χ3n) is 5.24. The maximum Gasteiger partial charge on any atom is 0.270 e. The number of carbonyl (C=O) groups excluding carboxylic acids is 1. The molecule has 0 aliphatic carbocycles. The highest BCUT2D eigenvalue weighted by atomic mass is 16.6. The molecule has 11 nitrogen and oxygen atoms in total. The van der Waals surface area contributed by atoms with Crippen LogP contribution in [0.1, 0.15) is 25.5 Å². The van der Waals surface area contributed by atoms with Gasteiger partial charge >= 0.3 is 0 Å². The number of fused-ring (bicyclic) bond motifs is 1. The Morgan fingerprint density at radius 1 is 1.27 bits per heavy atom. The second-order valence-electron chi connectivity index (χ2n) is 7.28. The first-order chi connectivity index (χ1) is 15.8. The predicted octanol–water partition coefficient (Wildman–Crippen LogP) is 3.03. The number of rotatable bonds is 7. The number of aromatic nitrogens is 3. The van der Waals surface area contributed by atoms with Gasteiger partial charge in [0.15, 0.2) is 17.3 Å². The molecule has 3 N–H and O–H groups in total. The smallest absolute Gasteiger partial charge is 0.270 e. The van der Waals surface area contributed by atoms with Crippen molar-refractivity contribution in [3.05, 3.63) is 69.4 Å². The number of ether oxygens (including phenoxy) is 2. The number of nitrogens with one attached hydrogen (secondary N) is 1. The van der Waals surface area contributed by atoms with Gasteiger partial charge in [-0.05, 0) is 31.5 Å². The highest BCUT2D eigenvalue weighted by molar-refractivity contribution is 5.95. The van der Waals surface area contributed by atoms with Crippen LogP contribution in [0.4, 0.5) is 11.6 Å². The van der Waals surface area contributed by atoms with Gasteiger partial charge in [-0.15, -0.1) is 5.10 Å². The highest BCUT2D eigenvalue weighted by Crippen LogP contribution is 2.39. The second-order valence-corrected chi connectivity index (χ2v) is 7.28. The minimum atomic E-state index is -0.691. The molecule has 170 valence electrons. The maximum absolute atomic E-state index is 12.4. The van der Waals surface area contributed by atoms with Crippen LogP contribution in [0, 0.1) is 10.1 Å². The van der Waals surface area contributed by atoms with Gasteiger partial charge in [-0.2, -0.15) is 4.98 Å². The Balaban J connectivity index is 1.86. The van der Waals surface area contributed by atoms with Crippen LogP contribution in [0.3, 0.4) is 0 Å². The molecule has 2 aromatic carbocycles. The van der Waals surface area contributed by atoms with E-state index in [0.717, 1.165) is 0 Å². The van der Waals surface area contributed by atoms with Crippen LogP contribution < -0.4 is 20.5 Å². The molecule has 0 fully saturated rings. The van der Waals surface area contributed by atoms with Gasteiger partial charge < -0.3 is 20.5 Å². The third-order valence-corrected chi connectivity index (χ3v) is 5.24. The zero-order valence-electron chi connectivity index (χ0n) is 18.2. The number of methoxy groups -OCH3 is 1. The van der Waals surface area contributed by atoms with Gasteiger partial charge in [-0.25, -0.2) is 4.68 Å². The molecular formula is C22H22N6O5. The Morgan fingerprint density at radius 2 is 2.06 bits per heavy atom. The number of amides is 1. The number of allylic oxidation sites excluding steroid dienone is 1. The number of anilines is 1. The number of primary amides is 1. The molecule has 1 unspecified atom stereocenters. The van der Waals surface area contributed by atoms with Gasteiger partial charge in [0.05, 0.1) is 24.2 Å². The molecule has 0 saturated carbocycles. The van der Waals surface area contributed by atoms with Gasteiger partial charge in [-0.1, -0.05) is 18.2 Å². The van der Waals surface area contributed by atoms with E-state index in [-0.39, 0.29) is 11.5 Å². The Bertz CT molecular complexity index is 1280. The molecule has 2 heterocycles. The largest absolute Gasteiger partial charge is 0.493 e. The summed E-state index contributed by atoms with van der Waals surface area (Å²) in [5, 5.41) is 18.8. The summed E-state index contributed by atoms with van der Waals surface area (Å²) in [7, 11) is 1.53. The average molecular weight is 450 g/mol. The van der Waals surface area contributed by atoms with E-state index in [2.05, 4.69) is 15.4 Å². The lowest BCUT2D eigenvalue weighted by Gasteiger charge is -2.28. The summed E-state index contributed by atoms with van der Waals surface area (Å²) < 4.78 is 12.6. The first-order valence-corrected chi connectivity index (χ1v) is 10.1. The van der Waals surface area contributed by atoms with E-state index in [1.54, 1.807) is 37.3 Å². The zero-order valence-corrected chi connectivity index (χ0v) is 18.2. The summed E-state index contributed by atoms with van der Waals surface area (Å²) in [6, 6.07) is 10.7. The molecule has 0 radical (unpaired) electrons. The monoisotopic (exact) mass is 450 g/mol. The predicted molar refractivity (Wildman–Crippen MR) is 120 cm³/mol. The van der Waals surface area contributed by atoms with Crippen molar-refractivity contribution < 1.29 is 19.2 Å². The van der Waals surface area contributed by atoms with Gasteiger partial charge in [0.25, 0.3) is 5.69 Å². The van der Waals surface area contributed by atoms with Crippen molar-refractivity contribution in [1.29, 1.82) is 0 Å². The first-order valence-electron chi connectivity index (χ1n) is 10.1.